The highest BCUT2D eigenvalue weighted by Crippen LogP contribution is 2.28. The fraction of sp³-hybridized carbons (Fsp3) is 0.129. The number of carbonyl (C=O) groups is 2. The third-order valence-electron chi connectivity index (χ3n) is 6.73. The summed E-state index contributed by atoms with van der Waals surface area (Å²) >= 11 is 0. The van der Waals surface area contributed by atoms with Crippen LogP contribution in [0, 0.1) is 0 Å². The molecule has 1 aromatic heterocycles. The summed E-state index contributed by atoms with van der Waals surface area (Å²) in [4.78, 5) is 28.2. The lowest BCUT2D eigenvalue weighted by atomic mass is 10.0. The summed E-state index contributed by atoms with van der Waals surface area (Å²) in [6.45, 7) is 0. The molecule has 2 N–H and O–H groups in total. The Balaban J connectivity index is 1.41. The quantitative estimate of drug-likeness (QED) is 0.266. The Morgan fingerprint density at radius 1 is 0.881 bits per heavy atom. The van der Waals surface area contributed by atoms with Crippen LogP contribution in [0.2, 0.25) is 0 Å². The summed E-state index contributed by atoms with van der Waals surface area (Å²) in [5.41, 5.74) is 2.84. The van der Waals surface area contributed by atoms with Gasteiger partial charge in [0.1, 0.15) is 17.5 Å². The predicted molar refractivity (Wildman–Crippen MR) is 161 cm³/mol. The van der Waals surface area contributed by atoms with Crippen molar-refractivity contribution in [2.24, 2.45) is 0 Å². The molecule has 0 saturated carbocycles. The van der Waals surface area contributed by atoms with Crippen LogP contribution in [0.5, 0.6) is 5.75 Å². The number of likely N-dealkylation sites (N-methyl/N-ethyl adjacent to an activating group) is 1. The molecular formula is C31H29N5O5S. The van der Waals surface area contributed by atoms with Crippen molar-refractivity contribution < 1.29 is 22.7 Å². The predicted octanol–water partition coefficient (Wildman–Crippen LogP) is 4.38. The molecule has 0 spiro atoms. The van der Waals surface area contributed by atoms with Gasteiger partial charge in [-0.1, -0.05) is 78.9 Å². The Morgan fingerprint density at radius 3 is 2.17 bits per heavy atom. The smallest absolute Gasteiger partial charge is 0.347 e. The molecule has 10 nitrogen and oxygen atoms in total. The maximum Gasteiger partial charge on any atom is 0.347 e. The van der Waals surface area contributed by atoms with Gasteiger partial charge >= 0.3 is 16.2 Å². The molecule has 1 unspecified atom stereocenters. The summed E-state index contributed by atoms with van der Waals surface area (Å²) in [5, 5.41) is 7.52. The summed E-state index contributed by atoms with van der Waals surface area (Å²) in [7, 11) is -1.36. The van der Waals surface area contributed by atoms with E-state index in [2.05, 4.69) is 10.4 Å². The Labute approximate surface area is 243 Å². The molecule has 214 valence electrons. The number of anilines is 1. The molecule has 0 radical (unpaired) electrons. The van der Waals surface area contributed by atoms with E-state index in [4.69, 9.17) is 4.74 Å². The molecule has 42 heavy (non-hydrogen) atoms. The van der Waals surface area contributed by atoms with Crippen LogP contribution in [0.3, 0.4) is 0 Å². The van der Waals surface area contributed by atoms with Crippen LogP contribution in [0.4, 0.5) is 10.5 Å². The van der Waals surface area contributed by atoms with E-state index in [1.54, 1.807) is 62.7 Å². The molecule has 0 aliphatic carbocycles. The van der Waals surface area contributed by atoms with Crippen LogP contribution in [-0.4, -0.2) is 49.7 Å². The standard InChI is InChI=1S/C31H29N5O5S/c1-35(24-17-19-25(41-2)20-18-24)30(37)27(21-22-11-5-3-6-12-22)32-31(38)34-42(39,40)36-28-16-10-9-15-26(28)29(33-36)23-13-7-4-8-14-23/h3-20,27H,21H2,1-2H3,(H2,32,34,38). The van der Waals surface area contributed by atoms with Crippen LogP contribution in [0.15, 0.2) is 109 Å². The molecule has 0 aliphatic rings. The van der Waals surface area contributed by atoms with Gasteiger partial charge < -0.3 is 15.0 Å². The molecule has 0 saturated heterocycles. The van der Waals surface area contributed by atoms with Crippen molar-refractivity contribution >= 4 is 38.7 Å². The molecule has 0 aliphatic heterocycles. The average Bonchev–Trinajstić information content (AvgIpc) is 3.42. The summed E-state index contributed by atoms with van der Waals surface area (Å²) < 4.78 is 34.9. The number of nitrogens with one attached hydrogen (secondary N) is 2. The zero-order valence-electron chi connectivity index (χ0n) is 23.0. The van der Waals surface area contributed by atoms with Crippen molar-refractivity contribution in [3.8, 4) is 17.0 Å². The van der Waals surface area contributed by atoms with Crippen LogP contribution < -0.4 is 19.7 Å². The van der Waals surface area contributed by atoms with E-state index >= 15 is 0 Å². The third-order valence-corrected chi connectivity index (χ3v) is 7.91. The van der Waals surface area contributed by atoms with Gasteiger partial charge in [0, 0.05) is 30.1 Å². The zero-order valence-corrected chi connectivity index (χ0v) is 23.8. The molecule has 1 heterocycles. The number of aromatic nitrogens is 2. The fourth-order valence-corrected chi connectivity index (χ4v) is 5.58. The first-order valence-corrected chi connectivity index (χ1v) is 14.5. The molecule has 0 fully saturated rings. The molecule has 3 amide bonds. The Hall–Kier alpha value is -5.16. The first kappa shape index (κ1) is 28.4. The van der Waals surface area contributed by atoms with Crippen LogP contribution in [0.1, 0.15) is 5.56 Å². The largest absolute Gasteiger partial charge is 0.497 e. The molecule has 5 rings (SSSR count). The maximum atomic E-state index is 13.6. The lowest BCUT2D eigenvalue weighted by molar-refractivity contribution is -0.120. The summed E-state index contributed by atoms with van der Waals surface area (Å²) in [5.74, 6) is 0.192. The van der Waals surface area contributed by atoms with E-state index in [-0.39, 0.29) is 6.42 Å². The molecular weight excluding hydrogens is 554 g/mol. The molecule has 5 aromatic rings. The molecule has 4 aromatic carbocycles. The van der Waals surface area contributed by atoms with Gasteiger partial charge in [-0.2, -0.15) is 13.5 Å². The van der Waals surface area contributed by atoms with Crippen molar-refractivity contribution in [1.29, 1.82) is 0 Å². The third kappa shape index (κ3) is 6.11. The van der Waals surface area contributed by atoms with Crippen LogP contribution >= 0.6 is 0 Å². The number of para-hydroxylation sites is 1. The molecule has 1 atom stereocenters. The Morgan fingerprint density at radius 2 is 1.50 bits per heavy atom. The van der Waals surface area contributed by atoms with Crippen LogP contribution in [-0.2, 0) is 21.4 Å². The fourth-order valence-electron chi connectivity index (χ4n) is 4.60. The van der Waals surface area contributed by atoms with E-state index in [9.17, 15) is 18.0 Å². The van der Waals surface area contributed by atoms with Gasteiger partial charge in [-0.15, -0.1) is 4.09 Å². The number of carbonyl (C=O) groups excluding carboxylic acids is 2. The van der Waals surface area contributed by atoms with Gasteiger partial charge in [-0.05, 0) is 35.9 Å². The first-order valence-electron chi connectivity index (χ1n) is 13.1. The highest BCUT2D eigenvalue weighted by molar-refractivity contribution is 7.88. The number of amides is 3. The van der Waals surface area contributed by atoms with Gasteiger partial charge in [0.15, 0.2) is 0 Å². The van der Waals surface area contributed by atoms with Crippen molar-refractivity contribution in [2.75, 3.05) is 19.1 Å². The number of nitrogens with zero attached hydrogens (tertiary/aromatic N) is 3. The number of urea groups is 1. The summed E-state index contributed by atoms with van der Waals surface area (Å²) in [6, 6.07) is 29.9. The van der Waals surface area contributed by atoms with Gasteiger partial charge in [-0.3, -0.25) is 4.79 Å². The second-order valence-corrected chi connectivity index (χ2v) is 11.0. The van der Waals surface area contributed by atoms with Gasteiger partial charge in [0.25, 0.3) is 0 Å². The first-order chi connectivity index (χ1) is 20.3. The normalized spacial score (nSPS) is 12.0. The summed E-state index contributed by atoms with van der Waals surface area (Å²) in [6.07, 6.45) is 0.135. The number of rotatable bonds is 9. The van der Waals surface area contributed by atoms with Crippen molar-refractivity contribution in [2.45, 2.75) is 12.5 Å². The zero-order chi connectivity index (χ0) is 29.7. The minimum Gasteiger partial charge on any atom is -0.497 e. The molecule has 11 heteroatoms. The monoisotopic (exact) mass is 583 g/mol. The van der Waals surface area contributed by atoms with Gasteiger partial charge in [-0.25, -0.2) is 9.52 Å². The van der Waals surface area contributed by atoms with E-state index in [1.807, 2.05) is 65.4 Å². The maximum absolute atomic E-state index is 13.6. The van der Waals surface area contributed by atoms with E-state index < -0.39 is 28.2 Å². The SMILES string of the molecule is COc1ccc(N(C)C(=O)C(Cc2ccccc2)NC(=O)NS(=O)(=O)n2nc(-c3ccccc3)c3ccccc32)cc1. The minimum atomic E-state index is -4.49. The Bertz CT molecular complexity index is 1810. The highest BCUT2D eigenvalue weighted by atomic mass is 32.2. The van der Waals surface area contributed by atoms with Crippen molar-refractivity contribution in [3.05, 3.63) is 115 Å². The van der Waals surface area contributed by atoms with Crippen LogP contribution in [0.25, 0.3) is 22.2 Å². The number of benzene rings is 4. The molecule has 0 bridgehead atoms. The van der Waals surface area contributed by atoms with Crippen molar-refractivity contribution in [3.63, 3.8) is 0 Å². The topological polar surface area (TPSA) is 123 Å². The highest BCUT2D eigenvalue weighted by Gasteiger charge is 2.29. The van der Waals surface area contributed by atoms with Gasteiger partial charge in [0.05, 0.1) is 12.6 Å². The van der Waals surface area contributed by atoms with E-state index in [0.29, 0.717) is 28.0 Å². The minimum absolute atomic E-state index is 0.135. The van der Waals surface area contributed by atoms with E-state index in [0.717, 1.165) is 15.2 Å². The number of fused-ring (bicyclic) bond motifs is 1. The average molecular weight is 584 g/mol. The second-order valence-electron chi connectivity index (χ2n) is 9.49. The second kappa shape index (κ2) is 12.1. The number of hydrogen-bond acceptors (Lipinski definition) is 6. The van der Waals surface area contributed by atoms with Crippen molar-refractivity contribution in [1.82, 2.24) is 19.2 Å². The lowest BCUT2D eigenvalue weighted by Gasteiger charge is -2.25. The lowest BCUT2D eigenvalue weighted by Crippen LogP contribution is -2.53. The Kier molecular flexibility index (Phi) is 8.21. The number of ether oxygens (including phenoxy) is 1. The van der Waals surface area contributed by atoms with Gasteiger partial charge in [0.2, 0.25) is 5.91 Å². The number of methoxy groups -OCH3 is 1. The number of hydrogen-bond donors (Lipinski definition) is 2. The van der Waals surface area contributed by atoms with E-state index in [1.165, 1.54) is 4.90 Å².